The zero-order valence-corrected chi connectivity index (χ0v) is 11.3. The number of piperazine rings is 1. The van der Waals surface area contributed by atoms with E-state index in [0.29, 0.717) is 0 Å². The van der Waals surface area contributed by atoms with Gasteiger partial charge in [-0.25, -0.2) is 0 Å². The molecule has 1 heterocycles. The average molecular weight is 249 g/mol. The minimum Gasteiger partial charge on any atom is -0.497 e. The third-order valence-corrected chi connectivity index (χ3v) is 3.34. The number of ether oxygens (including phenoxy) is 1. The van der Waals surface area contributed by atoms with Crippen LogP contribution in [0, 0.1) is 0 Å². The molecule has 0 aliphatic carbocycles. The Bertz CT molecular complexity index is 373. The van der Waals surface area contributed by atoms with E-state index in [-0.39, 0.29) is 6.04 Å². The Labute approximate surface area is 109 Å². The van der Waals surface area contributed by atoms with Crippen LogP contribution < -0.4 is 15.4 Å². The number of benzene rings is 1. The zero-order chi connectivity index (χ0) is 13.0. The van der Waals surface area contributed by atoms with E-state index in [1.54, 1.807) is 7.11 Å². The van der Waals surface area contributed by atoms with Crippen LogP contribution in [0.25, 0.3) is 0 Å². The van der Waals surface area contributed by atoms with Crippen LogP contribution in [0.3, 0.4) is 0 Å². The summed E-state index contributed by atoms with van der Waals surface area (Å²) in [5.41, 5.74) is 7.08. The molecule has 1 fully saturated rings. The van der Waals surface area contributed by atoms with E-state index in [9.17, 15) is 0 Å². The molecule has 1 aromatic rings. The van der Waals surface area contributed by atoms with E-state index in [4.69, 9.17) is 10.5 Å². The number of rotatable bonds is 4. The summed E-state index contributed by atoms with van der Waals surface area (Å²) in [7, 11) is 1.71. The molecule has 0 unspecified atom stereocenters. The van der Waals surface area contributed by atoms with Crippen molar-refractivity contribution in [3.05, 3.63) is 24.3 Å². The minimum absolute atomic E-state index is 0.258. The lowest BCUT2D eigenvalue weighted by molar-refractivity contribution is 0.246. The third kappa shape index (κ3) is 3.37. The smallest absolute Gasteiger partial charge is 0.120 e. The maximum absolute atomic E-state index is 5.84. The second kappa shape index (κ2) is 6.07. The highest BCUT2D eigenvalue weighted by Crippen LogP contribution is 2.21. The molecular weight excluding hydrogens is 226 g/mol. The van der Waals surface area contributed by atoms with E-state index in [1.807, 2.05) is 12.1 Å². The summed E-state index contributed by atoms with van der Waals surface area (Å²) < 4.78 is 5.27. The third-order valence-electron chi connectivity index (χ3n) is 3.34. The Morgan fingerprint density at radius 3 is 2.61 bits per heavy atom. The molecule has 1 aromatic carbocycles. The standard InChI is InChI=1S/C14H23N3O/c1-12(15)11-16-6-8-17(9-7-16)13-4-3-5-14(10-13)18-2/h3-5,10,12H,6-9,11,15H2,1-2H3/t12-/m0/s1. The van der Waals surface area contributed by atoms with Gasteiger partial charge in [0.05, 0.1) is 7.11 Å². The summed E-state index contributed by atoms with van der Waals surface area (Å²) in [5, 5.41) is 0. The molecule has 4 nitrogen and oxygen atoms in total. The van der Waals surface area contributed by atoms with E-state index >= 15 is 0 Å². The number of anilines is 1. The Balaban J connectivity index is 1.92. The molecule has 0 radical (unpaired) electrons. The largest absolute Gasteiger partial charge is 0.497 e. The Morgan fingerprint density at radius 1 is 1.28 bits per heavy atom. The molecular formula is C14H23N3O. The summed E-state index contributed by atoms with van der Waals surface area (Å²) in [5.74, 6) is 0.922. The fourth-order valence-corrected chi connectivity index (χ4v) is 2.40. The Hall–Kier alpha value is -1.26. The fourth-order valence-electron chi connectivity index (χ4n) is 2.40. The average Bonchev–Trinajstić information content (AvgIpc) is 2.39. The zero-order valence-electron chi connectivity index (χ0n) is 11.3. The van der Waals surface area contributed by atoms with Crippen LogP contribution >= 0.6 is 0 Å². The number of hydrogen-bond acceptors (Lipinski definition) is 4. The molecule has 1 atom stereocenters. The van der Waals surface area contributed by atoms with E-state index in [1.165, 1.54) is 5.69 Å². The first kappa shape index (κ1) is 13.2. The molecule has 1 aliphatic rings. The molecule has 0 spiro atoms. The molecule has 0 aromatic heterocycles. The molecule has 0 saturated carbocycles. The molecule has 18 heavy (non-hydrogen) atoms. The first-order valence-corrected chi connectivity index (χ1v) is 6.56. The van der Waals surface area contributed by atoms with Gasteiger partial charge in [0.15, 0.2) is 0 Å². The fraction of sp³-hybridized carbons (Fsp3) is 0.571. The van der Waals surface area contributed by atoms with E-state index in [0.717, 1.165) is 38.5 Å². The van der Waals surface area contributed by atoms with Gasteiger partial charge >= 0.3 is 0 Å². The molecule has 1 saturated heterocycles. The van der Waals surface area contributed by atoms with Crippen LogP contribution in [0.5, 0.6) is 5.75 Å². The van der Waals surface area contributed by atoms with Crippen molar-refractivity contribution < 1.29 is 4.74 Å². The van der Waals surface area contributed by atoms with Crippen molar-refractivity contribution in [3.63, 3.8) is 0 Å². The van der Waals surface area contributed by atoms with Gasteiger partial charge in [-0.1, -0.05) is 6.07 Å². The lowest BCUT2D eigenvalue weighted by atomic mass is 10.2. The highest BCUT2D eigenvalue weighted by atomic mass is 16.5. The van der Waals surface area contributed by atoms with Gasteiger partial charge in [0.1, 0.15) is 5.75 Å². The minimum atomic E-state index is 0.258. The van der Waals surface area contributed by atoms with Crippen molar-refractivity contribution in [2.24, 2.45) is 5.73 Å². The van der Waals surface area contributed by atoms with Gasteiger partial charge in [0.25, 0.3) is 0 Å². The second-order valence-corrected chi connectivity index (χ2v) is 4.97. The van der Waals surface area contributed by atoms with Crippen LogP contribution in [0.4, 0.5) is 5.69 Å². The monoisotopic (exact) mass is 249 g/mol. The summed E-state index contributed by atoms with van der Waals surface area (Å²) in [4.78, 5) is 4.83. The molecule has 0 amide bonds. The maximum Gasteiger partial charge on any atom is 0.120 e. The molecule has 1 aliphatic heterocycles. The summed E-state index contributed by atoms with van der Waals surface area (Å²) in [6.07, 6.45) is 0. The SMILES string of the molecule is COc1cccc(N2CCN(C[C@H](C)N)CC2)c1. The maximum atomic E-state index is 5.84. The van der Waals surface area contributed by atoms with Gasteiger partial charge in [-0.05, 0) is 19.1 Å². The van der Waals surface area contributed by atoms with Crippen molar-refractivity contribution >= 4 is 5.69 Å². The van der Waals surface area contributed by atoms with E-state index in [2.05, 4.69) is 28.9 Å². The van der Waals surface area contributed by atoms with Gasteiger partial charge in [0, 0.05) is 50.5 Å². The molecule has 2 rings (SSSR count). The van der Waals surface area contributed by atoms with Gasteiger partial charge < -0.3 is 15.4 Å². The highest BCUT2D eigenvalue weighted by molar-refractivity contribution is 5.51. The summed E-state index contributed by atoms with van der Waals surface area (Å²) in [6.45, 7) is 7.33. The number of hydrogen-bond donors (Lipinski definition) is 1. The van der Waals surface area contributed by atoms with Crippen molar-refractivity contribution in [1.82, 2.24) is 4.90 Å². The summed E-state index contributed by atoms with van der Waals surface area (Å²) in [6, 6.07) is 8.52. The second-order valence-electron chi connectivity index (χ2n) is 4.97. The highest BCUT2D eigenvalue weighted by Gasteiger charge is 2.17. The predicted octanol–water partition coefficient (Wildman–Crippen LogP) is 1.16. The Kier molecular flexibility index (Phi) is 4.44. The molecule has 2 N–H and O–H groups in total. The van der Waals surface area contributed by atoms with Crippen LogP contribution in [0.1, 0.15) is 6.92 Å². The molecule has 100 valence electrons. The normalized spacial score (nSPS) is 18.7. The molecule has 4 heteroatoms. The van der Waals surface area contributed by atoms with Gasteiger partial charge in [-0.3, -0.25) is 4.90 Å². The van der Waals surface area contributed by atoms with E-state index < -0.39 is 0 Å². The first-order valence-electron chi connectivity index (χ1n) is 6.56. The Morgan fingerprint density at radius 2 is 2.00 bits per heavy atom. The van der Waals surface area contributed by atoms with Crippen LogP contribution in [0.2, 0.25) is 0 Å². The van der Waals surface area contributed by atoms with Crippen molar-refractivity contribution in [2.75, 3.05) is 44.7 Å². The lowest BCUT2D eigenvalue weighted by Gasteiger charge is -2.36. The number of methoxy groups -OCH3 is 1. The van der Waals surface area contributed by atoms with Crippen LogP contribution in [0.15, 0.2) is 24.3 Å². The van der Waals surface area contributed by atoms with Gasteiger partial charge in [0.2, 0.25) is 0 Å². The summed E-state index contributed by atoms with van der Waals surface area (Å²) >= 11 is 0. The predicted molar refractivity (Wildman–Crippen MR) is 75.3 cm³/mol. The number of nitrogens with zero attached hydrogens (tertiary/aromatic N) is 2. The van der Waals surface area contributed by atoms with Gasteiger partial charge in [-0.2, -0.15) is 0 Å². The quantitative estimate of drug-likeness (QED) is 0.869. The first-order chi connectivity index (χ1) is 8.69. The topological polar surface area (TPSA) is 41.7 Å². The van der Waals surface area contributed by atoms with Crippen molar-refractivity contribution in [3.8, 4) is 5.75 Å². The van der Waals surface area contributed by atoms with Crippen molar-refractivity contribution in [1.29, 1.82) is 0 Å². The number of nitrogens with two attached hydrogens (primary N) is 1. The van der Waals surface area contributed by atoms with Crippen molar-refractivity contribution in [2.45, 2.75) is 13.0 Å². The van der Waals surface area contributed by atoms with Crippen LogP contribution in [-0.4, -0.2) is 50.8 Å². The van der Waals surface area contributed by atoms with Gasteiger partial charge in [-0.15, -0.1) is 0 Å². The lowest BCUT2D eigenvalue weighted by Crippen LogP contribution is -2.49. The van der Waals surface area contributed by atoms with Crippen LogP contribution in [-0.2, 0) is 0 Å². The molecule has 0 bridgehead atoms.